The third kappa shape index (κ3) is 3.11. The van der Waals surface area contributed by atoms with Gasteiger partial charge in [-0.25, -0.2) is 0 Å². The SMILES string of the molecule is CC(NC(=O)c1cccc(N)c1O)c1cccc(Br)c1. The quantitative estimate of drug-likeness (QED) is 0.595. The zero-order valence-corrected chi connectivity index (χ0v) is 12.5. The van der Waals surface area contributed by atoms with E-state index in [1.165, 1.54) is 6.07 Å². The van der Waals surface area contributed by atoms with Gasteiger partial charge in [0.25, 0.3) is 5.91 Å². The zero-order chi connectivity index (χ0) is 14.7. The number of hydrogen-bond acceptors (Lipinski definition) is 3. The standard InChI is InChI=1S/C15H15BrN2O2/c1-9(10-4-2-5-11(16)8-10)18-15(20)12-6-3-7-13(17)14(12)19/h2-9,19H,17H2,1H3,(H,18,20). The van der Waals surface area contributed by atoms with Crippen LogP contribution in [0.4, 0.5) is 5.69 Å². The number of rotatable bonds is 3. The first-order valence-electron chi connectivity index (χ1n) is 6.13. The largest absolute Gasteiger partial charge is 0.505 e. The molecule has 0 fully saturated rings. The Morgan fingerprint density at radius 3 is 2.70 bits per heavy atom. The van der Waals surface area contributed by atoms with Gasteiger partial charge in [-0.05, 0) is 36.8 Å². The van der Waals surface area contributed by atoms with Crippen molar-refractivity contribution in [2.75, 3.05) is 5.73 Å². The molecule has 20 heavy (non-hydrogen) atoms. The summed E-state index contributed by atoms with van der Waals surface area (Å²) in [5.41, 5.74) is 6.91. The van der Waals surface area contributed by atoms with Crippen LogP contribution in [0.2, 0.25) is 0 Å². The molecule has 104 valence electrons. The number of phenolic OH excluding ortho intramolecular Hbond substituents is 1. The molecule has 1 unspecified atom stereocenters. The molecule has 5 heteroatoms. The summed E-state index contributed by atoms with van der Waals surface area (Å²) in [5, 5.41) is 12.6. The maximum atomic E-state index is 12.1. The third-order valence-corrected chi connectivity index (χ3v) is 3.50. The topological polar surface area (TPSA) is 75.4 Å². The number of nitrogens with two attached hydrogens (primary N) is 1. The first-order chi connectivity index (χ1) is 9.49. The number of carbonyl (C=O) groups excluding carboxylic acids is 1. The summed E-state index contributed by atoms with van der Waals surface area (Å²) < 4.78 is 0.947. The first kappa shape index (κ1) is 14.4. The molecule has 0 spiro atoms. The summed E-state index contributed by atoms with van der Waals surface area (Å²) in [6.45, 7) is 1.88. The highest BCUT2D eigenvalue weighted by atomic mass is 79.9. The lowest BCUT2D eigenvalue weighted by molar-refractivity contribution is 0.0937. The smallest absolute Gasteiger partial charge is 0.255 e. The normalized spacial score (nSPS) is 11.9. The van der Waals surface area contributed by atoms with E-state index < -0.39 is 0 Å². The number of benzene rings is 2. The molecule has 0 aliphatic heterocycles. The Morgan fingerprint density at radius 1 is 1.30 bits per heavy atom. The molecule has 0 saturated heterocycles. The minimum atomic E-state index is -0.359. The second kappa shape index (κ2) is 5.96. The fourth-order valence-electron chi connectivity index (χ4n) is 1.88. The number of halogens is 1. The summed E-state index contributed by atoms with van der Waals surface area (Å²) in [4.78, 5) is 12.1. The number of nitrogen functional groups attached to an aromatic ring is 1. The van der Waals surface area contributed by atoms with Crippen LogP contribution < -0.4 is 11.1 Å². The van der Waals surface area contributed by atoms with Gasteiger partial charge in [0, 0.05) is 4.47 Å². The third-order valence-electron chi connectivity index (χ3n) is 3.01. The number of hydrogen-bond donors (Lipinski definition) is 3. The number of carbonyl (C=O) groups is 1. The van der Waals surface area contributed by atoms with Crippen molar-refractivity contribution in [2.45, 2.75) is 13.0 Å². The highest BCUT2D eigenvalue weighted by Crippen LogP contribution is 2.25. The lowest BCUT2D eigenvalue weighted by Crippen LogP contribution is -2.26. The highest BCUT2D eigenvalue weighted by molar-refractivity contribution is 9.10. The summed E-state index contributed by atoms with van der Waals surface area (Å²) in [5.74, 6) is -0.547. The summed E-state index contributed by atoms with van der Waals surface area (Å²) in [7, 11) is 0. The number of aromatic hydroxyl groups is 1. The molecule has 4 nitrogen and oxygen atoms in total. The van der Waals surface area contributed by atoms with Crippen molar-refractivity contribution in [1.29, 1.82) is 0 Å². The first-order valence-corrected chi connectivity index (χ1v) is 6.92. The average Bonchev–Trinajstić information content (AvgIpc) is 2.41. The van der Waals surface area contributed by atoms with Crippen LogP contribution >= 0.6 is 15.9 Å². The van der Waals surface area contributed by atoms with E-state index in [0.717, 1.165) is 10.0 Å². The Labute approximate surface area is 125 Å². The summed E-state index contributed by atoms with van der Waals surface area (Å²) >= 11 is 3.39. The predicted octanol–water partition coefficient (Wildman–Crippen LogP) is 3.23. The van der Waals surface area contributed by atoms with Crippen molar-refractivity contribution in [3.8, 4) is 5.75 Å². The molecular formula is C15H15BrN2O2. The van der Waals surface area contributed by atoms with E-state index in [1.807, 2.05) is 31.2 Å². The average molecular weight is 335 g/mol. The lowest BCUT2D eigenvalue weighted by Gasteiger charge is -2.15. The molecule has 0 aliphatic carbocycles. The van der Waals surface area contributed by atoms with Crippen LogP contribution in [0, 0.1) is 0 Å². The number of phenols is 1. The number of anilines is 1. The molecule has 1 amide bonds. The van der Waals surface area contributed by atoms with Crippen LogP contribution in [-0.2, 0) is 0 Å². The lowest BCUT2D eigenvalue weighted by atomic mass is 10.1. The van der Waals surface area contributed by atoms with Gasteiger partial charge < -0.3 is 16.2 Å². The highest BCUT2D eigenvalue weighted by Gasteiger charge is 2.16. The molecule has 0 radical (unpaired) electrons. The second-order valence-corrected chi connectivity index (χ2v) is 5.41. The number of amides is 1. The van der Waals surface area contributed by atoms with Crippen molar-refractivity contribution in [3.05, 3.63) is 58.1 Å². The monoisotopic (exact) mass is 334 g/mol. The Hall–Kier alpha value is -2.01. The van der Waals surface area contributed by atoms with Gasteiger partial charge in [-0.1, -0.05) is 34.1 Å². The van der Waals surface area contributed by atoms with Crippen molar-refractivity contribution in [3.63, 3.8) is 0 Å². The molecule has 1 atom stereocenters. The maximum Gasteiger partial charge on any atom is 0.255 e. The molecule has 0 aromatic heterocycles. The second-order valence-electron chi connectivity index (χ2n) is 4.49. The minimum Gasteiger partial charge on any atom is -0.505 e. The van der Waals surface area contributed by atoms with Crippen LogP contribution in [0.25, 0.3) is 0 Å². The fourth-order valence-corrected chi connectivity index (χ4v) is 2.30. The molecule has 0 aliphatic rings. The van der Waals surface area contributed by atoms with E-state index in [2.05, 4.69) is 21.2 Å². The van der Waals surface area contributed by atoms with Crippen LogP contribution in [0.3, 0.4) is 0 Å². The molecular weight excluding hydrogens is 320 g/mol. The van der Waals surface area contributed by atoms with Crippen LogP contribution in [0.15, 0.2) is 46.9 Å². The maximum absolute atomic E-state index is 12.1. The molecule has 2 aromatic carbocycles. The van der Waals surface area contributed by atoms with Gasteiger partial charge >= 0.3 is 0 Å². The van der Waals surface area contributed by atoms with E-state index in [-0.39, 0.29) is 28.9 Å². The van der Waals surface area contributed by atoms with Crippen LogP contribution in [0.5, 0.6) is 5.75 Å². The van der Waals surface area contributed by atoms with Gasteiger partial charge in [-0.2, -0.15) is 0 Å². The Balaban J connectivity index is 2.17. The van der Waals surface area contributed by atoms with Crippen molar-refractivity contribution >= 4 is 27.5 Å². The fraction of sp³-hybridized carbons (Fsp3) is 0.133. The minimum absolute atomic E-state index is 0.173. The van der Waals surface area contributed by atoms with Crippen molar-refractivity contribution in [1.82, 2.24) is 5.32 Å². The summed E-state index contributed by atoms with van der Waals surface area (Å²) in [6.07, 6.45) is 0. The van der Waals surface area contributed by atoms with Crippen molar-refractivity contribution in [2.24, 2.45) is 0 Å². The van der Waals surface area contributed by atoms with Crippen molar-refractivity contribution < 1.29 is 9.90 Å². The van der Waals surface area contributed by atoms with Gasteiger partial charge in [0.15, 0.2) is 5.75 Å². The van der Waals surface area contributed by atoms with Gasteiger partial charge in [0.1, 0.15) is 0 Å². The molecule has 2 aromatic rings. The van der Waals surface area contributed by atoms with Crippen LogP contribution in [0.1, 0.15) is 28.9 Å². The van der Waals surface area contributed by atoms with Gasteiger partial charge in [0.2, 0.25) is 0 Å². The Kier molecular flexibility index (Phi) is 4.29. The molecule has 0 bridgehead atoms. The summed E-state index contributed by atoms with van der Waals surface area (Å²) in [6, 6.07) is 12.2. The van der Waals surface area contributed by atoms with Gasteiger partial charge in [0.05, 0.1) is 17.3 Å². The molecule has 4 N–H and O–H groups in total. The van der Waals surface area contributed by atoms with E-state index in [9.17, 15) is 9.90 Å². The predicted molar refractivity (Wildman–Crippen MR) is 82.5 cm³/mol. The zero-order valence-electron chi connectivity index (χ0n) is 10.9. The molecule has 0 saturated carbocycles. The van der Waals surface area contributed by atoms with E-state index in [0.29, 0.717) is 0 Å². The number of nitrogens with one attached hydrogen (secondary N) is 1. The number of para-hydroxylation sites is 1. The van der Waals surface area contributed by atoms with Gasteiger partial charge in [-0.3, -0.25) is 4.79 Å². The molecule has 0 heterocycles. The Bertz CT molecular complexity index is 644. The van der Waals surface area contributed by atoms with Gasteiger partial charge in [-0.15, -0.1) is 0 Å². The van der Waals surface area contributed by atoms with Crippen LogP contribution in [-0.4, -0.2) is 11.0 Å². The van der Waals surface area contributed by atoms with E-state index >= 15 is 0 Å². The molecule has 2 rings (SSSR count). The Morgan fingerprint density at radius 2 is 2.00 bits per heavy atom. The van der Waals surface area contributed by atoms with E-state index in [1.54, 1.807) is 12.1 Å². The van der Waals surface area contributed by atoms with E-state index in [4.69, 9.17) is 5.73 Å².